The summed E-state index contributed by atoms with van der Waals surface area (Å²) in [6, 6.07) is 1.92. The van der Waals surface area contributed by atoms with Gasteiger partial charge in [-0.3, -0.25) is 14.4 Å². The van der Waals surface area contributed by atoms with Gasteiger partial charge in [-0.15, -0.1) is 0 Å². The number of thioether (sulfide) groups is 1. The van der Waals surface area contributed by atoms with Crippen molar-refractivity contribution in [3.8, 4) is 5.75 Å². The van der Waals surface area contributed by atoms with Crippen LogP contribution < -0.4 is 16.4 Å². The van der Waals surface area contributed by atoms with Crippen molar-refractivity contribution in [2.45, 2.75) is 49.9 Å². The second kappa shape index (κ2) is 13.2. The molecule has 12 heteroatoms. The van der Waals surface area contributed by atoms with E-state index in [4.69, 9.17) is 5.73 Å². The smallest absolute Gasteiger partial charge is 0.326 e. The number of phenolic OH excluding ortho intramolecular Hbond substituents is 1. The molecule has 4 atom stereocenters. The first kappa shape index (κ1) is 27.4. The predicted octanol–water partition coefficient (Wildman–Crippen LogP) is -0.947. The van der Waals surface area contributed by atoms with Crippen LogP contribution in [0.4, 0.5) is 0 Å². The molecule has 3 amide bonds. The molecule has 2 rings (SSSR count). The van der Waals surface area contributed by atoms with Crippen LogP contribution in [0, 0.1) is 0 Å². The molecule has 4 unspecified atom stereocenters. The van der Waals surface area contributed by atoms with Gasteiger partial charge in [-0.1, -0.05) is 12.1 Å². The molecule has 7 N–H and O–H groups in total. The van der Waals surface area contributed by atoms with Gasteiger partial charge in [-0.25, -0.2) is 4.79 Å². The standard InChI is InChI=1S/C22H32N4O7S/c1-34-10-8-16(22(32)33)24-20(30)18-3-2-9-26(18)21(31)17(12-27)25-19(29)15(23)11-13-4-6-14(28)7-5-13/h4-7,15-18,27-28H,2-3,8-12,23H2,1H3,(H,24,30)(H,25,29)(H,32,33). The van der Waals surface area contributed by atoms with E-state index < -0.39 is 54.5 Å². The van der Waals surface area contributed by atoms with Gasteiger partial charge in [0.1, 0.15) is 23.9 Å². The number of hydrogen-bond acceptors (Lipinski definition) is 8. The highest BCUT2D eigenvalue weighted by molar-refractivity contribution is 7.98. The van der Waals surface area contributed by atoms with Crippen LogP contribution in [0.5, 0.6) is 5.75 Å². The monoisotopic (exact) mass is 496 g/mol. The number of aromatic hydroxyl groups is 1. The van der Waals surface area contributed by atoms with E-state index >= 15 is 0 Å². The summed E-state index contributed by atoms with van der Waals surface area (Å²) >= 11 is 1.46. The molecule has 0 saturated carbocycles. The number of nitrogens with one attached hydrogen (secondary N) is 2. The average Bonchev–Trinajstić information content (AvgIpc) is 3.30. The van der Waals surface area contributed by atoms with Crippen molar-refractivity contribution in [1.82, 2.24) is 15.5 Å². The van der Waals surface area contributed by atoms with E-state index in [1.165, 1.54) is 28.8 Å². The molecule has 1 aliphatic rings. The minimum Gasteiger partial charge on any atom is -0.508 e. The van der Waals surface area contributed by atoms with Gasteiger partial charge in [0.2, 0.25) is 17.7 Å². The van der Waals surface area contributed by atoms with Gasteiger partial charge in [0.05, 0.1) is 12.6 Å². The second-order valence-electron chi connectivity index (χ2n) is 8.09. The molecule has 1 aromatic rings. The summed E-state index contributed by atoms with van der Waals surface area (Å²) in [5.41, 5.74) is 6.65. The van der Waals surface area contributed by atoms with E-state index in [0.717, 1.165) is 0 Å². The second-order valence-corrected chi connectivity index (χ2v) is 9.08. The van der Waals surface area contributed by atoms with E-state index in [-0.39, 0.29) is 25.1 Å². The van der Waals surface area contributed by atoms with Crippen molar-refractivity contribution in [3.63, 3.8) is 0 Å². The Bertz CT molecular complexity index is 867. The van der Waals surface area contributed by atoms with Gasteiger partial charge < -0.3 is 36.6 Å². The Morgan fingerprint density at radius 1 is 1.18 bits per heavy atom. The lowest BCUT2D eigenvalue weighted by atomic mass is 10.1. The van der Waals surface area contributed by atoms with Gasteiger partial charge >= 0.3 is 5.97 Å². The number of carbonyl (C=O) groups excluding carboxylic acids is 3. The first-order valence-electron chi connectivity index (χ1n) is 10.9. The van der Waals surface area contributed by atoms with Crippen LogP contribution in [-0.4, -0.2) is 93.2 Å². The van der Waals surface area contributed by atoms with E-state index in [0.29, 0.717) is 24.2 Å². The minimum atomic E-state index is -1.29. The van der Waals surface area contributed by atoms with Crippen LogP contribution in [0.3, 0.4) is 0 Å². The van der Waals surface area contributed by atoms with Crippen LogP contribution in [0.15, 0.2) is 24.3 Å². The minimum absolute atomic E-state index is 0.0795. The largest absolute Gasteiger partial charge is 0.508 e. The maximum Gasteiger partial charge on any atom is 0.326 e. The fourth-order valence-corrected chi connectivity index (χ4v) is 4.18. The molecule has 0 aliphatic carbocycles. The summed E-state index contributed by atoms with van der Waals surface area (Å²) in [6.45, 7) is -0.446. The van der Waals surface area contributed by atoms with Crippen LogP contribution in [0.25, 0.3) is 0 Å². The highest BCUT2D eigenvalue weighted by Gasteiger charge is 2.39. The van der Waals surface area contributed by atoms with Crippen LogP contribution in [-0.2, 0) is 25.6 Å². The molecule has 0 radical (unpaired) electrons. The number of benzene rings is 1. The number of carboxylic acid groups (broad SMARTS) is 1. The highest BCUT2D eigenvalue weighted by atomic mass is 32.2. The number of nitrogens with two attached hydrogens (primary N) is 1. The zero-order chi connectivity index (χ0) is 25.3. The number of phenols is 1. The van der Waals surface area contributed by atoms with E-state index in [9.17, 15) is 34.5 Å². The van der Waals surface area contributed by atoms with Crippen LogP contribution in [0.1, 0.15) is 24.8 Å². The fraction of sp³-hybridized carbons (Fsp3) is 0.545. The molecule has 0 spiro atoms. The van der Waals surface area contributed by atoms with Crippen molar-refractivity contribution < 1.29 is 34.5 Å². The van der Waals surface area contributed by atoms with Crippen molar-refractivity contribution in [3.05, 3.63) is 29.8 Å². The topological polar surface area (TPSA) is 182 Å². The molecule has 11 nitrogen and oxygen atoms in total. The number of rotatable bonds is 12. The SMILES string of the molecule is CSCCC(NC(=O)C1CCCN1C(=O)C(CO)NC(=O)C(N)Cc1ccc(O)cc1)C(=O)O. The van der Waals surface area contributed by atoms with E-state index in [2.05, 4.69) is 10.6 Å². The molecule has 0 bridgehead atoms. The summed E-state index contributed by atoms with van der Waals surface area (Å²) in [4.78, 5) is 51.0. The molecular weight excluding hydrogens is 464 g/mol. The lowest BCUT2D eigenvalue weighted by molar-refractivity contribution is -0.145. The Morgan fingerprint density at radius 3 is 2.44 bits per heavy atom. The third-order valence-electron chi connectivity index (χ3n) is 5.59. The van der Waals surface area contributed by atoms with E-state index in [1.807, 2.05) is 6.26 Å². The maximum atomic E-state index is 13.0. The number of carbonyl (C=O) groups is 4. The molecule has 1 aromatic carbocycles. The Labute approximate surface area is 202 Å². The third-order valence-corrected chi connectivity index (χ3v) is 6.23. The number of aliphatic hydroxyl groups is 1. The number of aliphatic carboxylic acids is 1. The van der Waals surface area contributed by atoms with Gasteiger partial charge in [-0.2, -0.15) is 11.8 Å². The van der Waals surface area contributed by atoms with Gasteiger partial charge in [0, 0.05) is 6.54 Å². The first-order valence-corrected chi connectivity index (χ1v) is 12.3. The number of carboxylic acids is 1. The Morgan fingerprint density at radius 2 is 1.85 bits per heavy atom. The maximum absolute atomic E-state index is 13.0. The molecule has 1 fully saturated rings. The molecule has 1 heterocycles. The number of aliphatic hydroxyl groups excluding tert-OH is 1. The van der Waals surface area contributed by atoms with Crippen LogP contribution in [0.2, 0.25) is 0 Å². The van der Waals surface area contributed by atoms with Crippen molar-refractivity contribution in [2.24, 2.45) is 5.73 Å². The summed E-state index contributed by atoms with van der Waals surface area (Å²) in [5, 5.41) is 33.4. The molecule has 1 aliphatic heterocycles. The van der Waals surface area contributed by atoms with Crippen molar-refractivity contribution >= 4 is 35.5 Å². The number of amides is 3. The van der Waals surface area contributed by atoms with E-state index in [1.54, 1.807) is 12.1 Å². The van der Waals surface area contributed by atoms with Crippen LogP contribution >= 0.6 is 11.8 Å². The molecule has 188 valence electrons. The summed E-state index contributed by atoms with van der Waals surface area (Å²) in [7, 11) is 0. The molecular formula is C22H32N4O7S. The normalized spacial score (nSPS) is 18.1. The number of likely N-dealkylation sites (tertiary alicyclic amines) is 1. The molecule has 0 aromatic heterocycles. The Balaban J connectivity index is 2.00. The highest BCUT2D eigenvalue weighted by Crippen LogP contribution is 2.19. The van der Waals surface area contributed by atoms with Gasteiger partial charge in [0.15, 0.2) is 0 Å². The lowest BCUT2D eigenvalue weighted by Gasteiger charge is -2.29. The summed E-state index contributed by atoms with van der Waals surface area (Å²) in [6.07, 6.45) is 3.10. The summed E-state index contributed by atoms with van der Waals surface area (Å²) < 4.78 is 0. The quantitative estimate of drug-likeness (QED) is 0.212. The molecule has 1 saturated heterocycles. The Hall–Kier alpha value is -2.83. The third kappa shape index (κ3) is 7.61. The molecule has 34 heavy (non-hydrogen) atoms. The van der Waals surface area contributed by atoms with Crippen molar-refractivity contribution in [1.29, 1.82) is 0 Å². The number of hydrogen-bond donors (Lipinski definition) is 6. The fourth-order valence-electron chi connectivity index (χ4n) is 3.71. The number of nitrogens with zero attached hydrogens (tertiary/aromatic N) is 1. The lowest BCUT2D eigenvalue weighted by Crippen LogP contribution is -2.58. The average molecular weight is 497 g/mol. The van der Waals surface area contributed by atoms with Crippen molar-refractivity contribution in [2.75, 3.05) is 25.2 Å². The summed E-state index contributed by atoms with van der Waals surface area (Å²) in [5.74, 6) is -2.39. The first-order chi connectivity index (χ1) is 16.2. The predicted molar refractivity (Wildman–Crippen MR) is 126 cm³/mol. The van der Waals surface area contributed by atoms with Gasteiger partial charge in [-0.05, 0) is 55.4 Å². The zero-order valence-corrected chi connectivity index (χ0v) is 19.8. The zero-order valence-electron chi connectivity index (χ0n) is 19.0. The van der Waals surface area contributed by atoms with Gasteiger partial charge in [0.25, 0.3) is 0 Å². The Kier molecular flexibility index (Phi) is 10.6.